The molecule has 2 heterocycles. The van der Waals surface area contributed by atoms with Crippen molar-refractivity contribution >= 4 is 28.5 Å². The van der Waals surface area contributed by atoms with Crippen LogP contribution in [0.4, 0.5) is 5.69 Å². The number of hydrogen-bond donors (Lipinski definition) is 2. The van der Waals surface area contributed by atoms with Crippen molar-refractivity contribution in [2.75, 3.05) is 4.72 Å². The Morgan fingerprint density at radius 2 is 2.37 bits per heavy atom. The molecule has 5 nitrogen and oxygen atoms in total. The number of nitriles is 1. The maximum Gasteiger partial charge on any atom is 0.160 e. The van der Waals surface area contributed by atoms with E-state index in [4.69, 9.17) is 9.78 Å². The van der Waals surface area contributed by atoms with E-state index in [1.54, 1.807) is 6.20 Å². The number of rotatable bonds is 3. The molecule has 0 aliphatic heterocycles. The summed E-state index contributed by atoms with van der Waals surface area (Å²) in [5.74, 6) is 0.772. The molecule has 0 saturated carbocycles. The van der Waals surface area contributed by atoms with Crippen molar-refractivity contribution in [3.63, 3.8) is 0 Å². The summed E-state index contributed by atoms with van der Waals surface area (Å²) in [5, 5.41) is 14.6. The molecule has 0 radical (unpaired) electrons. The highest BCUT2D eigenvalue weighted by molar-refractivity contribution is 8.00. The van der Waals surface area contributed by atoms with Crippen LogP contribution in [0.25, 0.3) is 10.9 Å². The van der Waals surface area contributed by atoms with Gasteiger partial charge in [0.25, 0.3) is 0 Å². The molecule has 1 aromatic carbocycles. The Hall–Kier alpha value is -2.39. The quantitative estimate of drug-likeness (QED) is 0.713. The zero-order chi connectivity index (χ0) is 13.2. The van der Waals surface area contributed by atoms with Crippen molar-refractivity contribution in [2.24, 2.45) is 0 Å². The van der Waals surface area contributed by atoms with Gasteiger partial charge in [0, 0.05) is 29.6 Å². The summed E-state index contributed by atoms with van der Waals surface area (Å²) in [5.41, 5.74) is 2.46. The van der Waals surface area contributed by atoms with Crippen molar-refractivity contribution in [1.82, 2.24) is 10.1 Å². The molecule has 3 rings (SSSR count). The van der Waals surface area contributed by atoms with Gasteiger partial charge in [-0.3, -0.25) is 0 Å². The van der Waals surface area contributed by atoms with Crippen molar-refractivity contribution < 1.29 is 4.52 Å². The van der Waals surface area contributed by atoms with Gasteiger partial charge in [-0.1, -0.05) is 17.3 Å². The summed E-state index contributed by atoms with van der Waals surface area (Å²) >= 11 is 1.37. The van der Waals surface area contributed by atoms with E-state index in [-0.39, 0.29) is 0 Å². The number of nitrogens with zero attached hydrogens (tertiary/aromatic N) is 2. The third-order valence-electron chi connectivity index (χ3n) is 2.71. The lowest BCUT2D eigenvalue weighted by Gasteiger charge is -2.04. The molecule has 94 valence electrons. The van der Waals surface area contributed by atoms with Gasteiger partial charge in [0.05, 0.1) is 16.8 Å². The van der Waals surface area contributed by atoms with Gasteiger partial charge < -0.3 is 14.2 Å². The molecule has 2 aromatic heterocycles. The van der Waals surface area contributed by atoms with E-state index in [1.807, 2.05) is 31.2 Å². The van der Waals surface area contributed by atoms with Crippen LogP contribution in [0.1, 0.15) is 11.3 Å². The molecule has 0 saturated heterocycles. The Morgan fingerprint density at radius 1 is 1.47 bits per heavy atom. The van der Waals surface area contributed by atoms with Gasteiger partial charge in [-0.15, -0.1) is 0 Å². The number of H-pyrrole nitrogens is 1. The summed E-state index contributed by atoms with van der Waals surface area (Å²) in [6.45, 7) is 1.85. The maximum absolute atomic E-state index is 9.01. The van der Waals surface area contributed by atoms with Gasteiger partial charge in [-0.2, -0.15) is 5.26 Å². The molecule has 0 spiro atoms. The Morgan fingerprint density at radius 3 is 3.11 bits per heavy atom. The highest BCUT2D eigenvalue weighted by atomic mass is 32.2. The topological polar surface area (TPSA) is 77.6 Å². The van der Waals surface area contributed by atoms with Crippen LogP contribution in [0.2, 0.25) is 0 Å². The highest BCUT2D eigenvalue weighted by Gasteiger charge is 2.08. The largest absolute Gasteiger partial charge is 0.361 e. The van der Waals surface area contributed by atoms with Gasteiger partial charge in [0.2, 0.25) is 0 Å². The minimum absolute atomic E-state index is 0.640. The van der Waals surface area contributed by atoms with Crippen LogP contribution in [0.15, 0.2) is 40.0 Å². The van der Waals surface area contributed by atoms with E-state index < -0.39 is 0 Å². The molecule has 3 aromatic rings. The summed E-state index contributed by atoms with van der Waals surface area (Å²) in [6.07, 6.45) is 1.71. The van der Waals surface area contributed by atoms with E-state index in [1.165, 1.54) is 11.9 Å². The Balaban J connectivity index is 1.89. The van der Waals surface area contributed by atoms with Gasteiger partial charge in [0.1, 0.15) is 11.8 Å². The number of hydrogen-bond acceptors (Lipinski definition) is 5. The molecule has 0 amide bonds. The lowest BCUT2D eigenvalue weighted by Crippen LogP contribution is -1.88. The van der Waals surface area contributed by atoms with Crippen molar-refractivity contribution in [3.8, 4) is 6.07 Å². The van der Waals surface area contributed by atoms with Crippen LogP contribution in [-0.2, 0) is 0 Å². The number of anilines is 1. The second-order valence-corrected chi connectivity index (χ2v) is 4.85. The lowest BCUT2D eigenvalue weighted by atomic mass is 10.2. The molecule has 0 aliphatic carbocycles. The Bertz CT molecular complexity index is 768. The van der Waals surface area contributed by atoms with Crippen molar-refractivity contribution in [3.05, 3.63) is 41.8 Å². The zero-order valence-corrected chi connectivity index (χ0v) is 10.9. The number of nitrogens with one attached hydrogen (secondary N) is 2. The highest BCUT2D eigenvalue weighted by Crippen LogP contribution is 2.28. The Labute approximate surface area is 113 Å². The number of benzene rings is 1. The van der Waals surface area contributed by atoms with Gasteiger partial charge >= 0.3 is 0 Å². The first-order valence-corrected chi connectivity index (χ1v) is 6.46. The fourth-order valence-electron chi connectivity index (χ4n) is 1.83. The molecule has 2 N–H and O–H groups in total. The smallest absolute Gasteiger partial charge is 0.160 e. The number of fused-ring (bicyclic) bond motifs is 1. The number of aromatic nitrogens is 2. The predicted molar refractivity (Wildman–Crippen MR) is 73.7 cm³/mol. The van der Waals surface area contributed by atoms with Crippen LogP contribution in [-0.4, -0.2) is 10.1 Å². The van der Waals surface area contributed by atoms with Gasteiger partial charge in [0.15, 0.2) is 5.03 Å². The van der Waals surface area contributed by atoms with Crippen LogP contribution in [0, 0.1) is 18.3 Å². The summed E-state index contributed by atoms with van der Waals surface area (Å²) in [6, 6.07) is 9.79. The first-order chi connectivity index (χ1) is 9.28. The third-order valence-corrected chi connectivity index (χ3v) is 3.43. The number of para-hydroxylation sites is 1. The van der Waals surface area contributed by atoms with Gasteiger partial charge in [-0.05, 0) is 13.0 Å². The molecule has 6 heteroatoms. The van der Waals surface area contributed by atoms with E-state index in [9.17, 15) is 0 Å². The predicted octanol–water partition coefficient (Wildman–Crippen LogP) is 3.46. The van der Waals surface area contributed by atoms with E-state index in [0.29, 0.717) is 5.56 Å². The number of aromatic amines is 1. The molecule has 0 aliphatic rings. The molecule has 0 bridgehead atoms. The van der Waals surface area contributed by atoms with Crippen molar-refractivity contribution in [2.45, 2.75) is 11.9 Å². The minimum Gasteiger partial charge on any atom is -0.361 e. The molecule has 0 fully saturated rings. The second kappa shape index (κ2) is 4.71. The molecular weight excluding hydrogens is 260 g/mol. The standard InChI is InChI=1S/C13H10N4OS/c1-8-5-12(16-18-8)19-17-11-4-2-3-10-9(6-14)7-15-13(10)11/h2-5,7,15,17H,1H3. The fraction of sp³-hybridized carbons (Fsp3) is 0.0769. The average molecular weight is 270 g/mol. The first kappa shape index (κ1) is 11.7. The van der Waals surface area contributed by atoms with Crippen LogP contribution >= 0.6 is 11.9 Å². The molecular formula is C13H10N4OS. The Kier molecular flexibility index (Phi) is 2.89. The van der Waals surface area contributed by atoms with E-state index in [0.717, 1.165) is 27.4 Å². The summed E-state index contributed by atoms with van der Waals surface area (Å²) in [4.78, 5) is 3.11. The maximum atomic E-state index is 9.01. The van der Waals surface area contributed by atoms with Crippen LogP contribution in [0.5, 0.6) is 0 Å². The van der Waals surface area contributed by atoms with E-state index >= 15 is 0 Å². The van der Waals surface area contributed by atoms with E-state index in [2.05, 4.69) is 20.9 Å². The molecule has 0 atom stereocenters. The monoisotopic (exact) mass is 270 g/mol. The lowest BCUT2D eigenvalue weighted by molar-refractivity contribution is 0.383. The third kappa shape index (κ3) is 2.16. The summed E-state index contributed by atoms with van der Waals surface area (Å²) < 4.78 is 8.21. The fourth-order valence-corrected chi connectivity index (χ4v) is 2.51. The molecule has 0 unspecified atom stereocenters. The molecule has 19 heavy (non-hydrogen) atoms. The first-order valence-electron chi connectivity index (χ1n) is 5.64. The zero-order valence-electron chi connectivity index (χ0n) is 10.1. The SMILES string of the molecule is Cc1cc(SNc2cccc3c(C#N)c[nH]c23)no1. The summed E-state index contributed by atoms with van der Waals surface area (Å²) in [7, 11) is 0. The average Bonchev–Trinajstić information content (AvgIpc) is 3.02. The normalized spacial score (nSPS) is 10.5. The number of aryl methyl sites for hydroxylation is 1. The minimum atomic E-state index is 0.640. The van der Waals surface area contributed by atoms with Crippen LogP contribution in [0.3, 0.4) is 0 Å². The second-order valence-electron chi connectivity index (χ2n) is 4.02. The van der Waals surface area contributed by atoms with Crippen molar-refractivity contribution in [1.29, 1.82) is 5.26 Å². The van der Waals surface area contributed by atoms with Gasteiger partial charge in [-0.25, -0.2) is 0 Å². The van der Waals surface area contributed by atoms with Crippen LogP contribution < -0.4 is 4.72 Å².